The number of nitrogens with zero attached hydrogens (tertiary/aromatic N) is 3. The van der Waals surface area contributed by atoms with Gasteiger partial charge in [-0.1, -0.05) is 6.07 Å². The van der Waals surface area contributed by atoms with Crippen LogP contribution in [0, 0.1) is 17.0 Å². The number of halogens is 1. The first-order valence-corrected chi connectivity index (χ1v) is 5.98. The van der Waals surface area contributed by atoms with E-state index in [0.717, 1.165) is 0 Å². The molecule has 1 heterocycles. The van der Waals surface area contributed by atoms with Crippen LogP contribution in [0.5, 0.6) is 11.6 Å². The molecular weight excluding hydrogens is 316 g/mol. The number of anilines is 1. The van der Waals surface area contributed by atoms with Crippen molar-refractivity contribution in [1.29, 1.82) is 0 Å². The molecule has 0 unspecified atom stereocenters. The second-order valence-corrected chi connectivity index (χ2v) is 4.45. The van der Waals surface area contributed by atoms with Crippen molar-refractivity contribution >= 4 is 27.6 Å². The topological polar surface area (TPSA) is 104 Å². The number of nitrogen functional groups attached to an aromatic ring is 1. The number of benzene rings is 1. The van der Waals surface area contributed by atoms with Gasteiger partial charge in [0, 0.05) is 17.8 Å². The molecule has 0 bridgehead atoms. The summed E-state index contributed by atoms with van der Waals surface area (Å²) in [5, 5.41) is 10.8. The van der Waals surface area contributed by atoms with Gasteiger partial charge >= 0.3 is 0 Å². The Morgan fingerprint density at radius 3 is 2.79 bits per heavy atom. The number of rotatable bonds is 3. The molecule has 0 amide bonds. The third-order valence-corrected chi connectivity index (χ3v) is 3.00. The Balaban J connectivity index is 2.38. The van der Waals surface area contributed by atoms with Gasteiger partial charge in [0.1, 0.15) is 4.47 Å². The molecule has 0 aliphatic rings. The maximum Gasteiger partial charge on any atom is 0.287 e. The summed E-state index contributed by atoms with van der Waals surface area (Å²) in [7, 11) is 0. The predicted molar refractivity (Wildman–Crippen MR) is 72.1 cm³/mol. The monoisotopic (exact) mass is 324 g/mol. The van der Waals surface area contributed by atoms with Gasteiger partial charge in [0.15, 0.2) is 5.75 Å². The zero-order valence-corrected chi connectivity index (χ0v) is 11.4. The predicted octanol–water partition coefficient (Wildman–Crippen LogP) is 2.83. The Labute approximate surface area is 116 Å². The fourth-order valence-corrected chi connectivity index (χ4v) is 1.94. The molecule has 0 aliphatic heterocycles. The first kappa shape index (κ1) is 13.2. The summed E-state index contributed by atoms with van der Waals surface area (Å²) < 4.78 is 5.72. The zero-order valence-electron chi connectivity index (χ0n) is 9.83. The Morgan fingerprint density at radius 1 is 1.42 bits per heavy atom. The van der Waals surface area contributed by atoms with Gasteiger partial charge in [0.2, 0.25) is 11.8 Å². The molecule has 0 aliphatic carbocycles. The second-order valence-electron chi connectivity index (χ2n) is 3.65. The van der Waals surface area contributed by atoms with E-state index in [2.05, 4.69) is 25.9 Å². The smallest absolute Gasteiger partial charge is 0.287 e. The maximum absolute atomic E-state index is 10.8. The van der Waals surface area contributed by atoms with Gasteiger partial charge in [-0.3, -0.25) is 10.1 Å². The molecule has 0 radical (unpaired) electrons. The van der Waals surface area contributed by atoms with E-state index in [4.69, 9.17) is 10.5 Å². The highest BCUT2D eigenvalue weighted by Gasteiger charge is 2.16. The molecule has 2 aromatic rings. The fraction of sp³-hybridized carbons (Fsp3) is 0.0909. The van der Waals surface area contributed by atoms with E-state index < -0.39 is 4.92 Å². The molecule has 0 fully saturated rings. The van der Waals surface area contributed by atoms with Crippen LogP contribution in [0.4, 0.5) is 11.6 Å². The van der Waals surface area contributed by atoms with Crippen molar-refractivity contribution < 1.29 is 9.66 Å². The van der Waals surface area contributed by atoms with Crippen molar-refractivity contribution in [2.24, 2.45) is 0 Å². The minimum Gasteiger partial charge on any atom is -0.437 e. The molecule has 7 nitrogen and oxygen atoms in total. The molecule has 0 atom stereocenters. The molecule has 98 valence electrons. The number of hydrogen-bond donors (Lipinski definition) is 1. The summed E-state index contributed by atoms with van der Waals surface area (Å²) in [6, 6.07) is 6.07. The highest BCUT2D eigenvalue weighted by molar-refractivity contribution is 9.10. The second kappa shape index (κ2) is 5.19. The highest BCUT2D eigenvalue weighted by Crippen LogP contribution is 2.36. The van der Waals surface area contributed by atoms with Crippen LogP contribution in [0.15, 0.2) is 28.7 Å². The number of ether oxygens (including phenoxy) is 1. The lowest BCUT2D eigenvalue weighted by atomic mass is 10.3. The van der Waals surface area contributed by atoms with Crippen LogP contribution in [0.2, 0.25) is 0 Å². The number of aryl methyl sites for hydroxylation is 1. The Bertz CT molecular complexity index is 628. The van der Waals surface area contributed by atoms with E-state index in [1.165, 1.54) is 12.1 Å². The molecule has 0 saturated heterocycles. The Kier molecular flexibility index (Phi) is 3.61. The van der Waals surface area contributed by atoms with Crippen molar-refractivity contribution in [3.8, 4) is 11.6 Å². The summed E-state index contributed by atoms with van der Waals surface area (Å²) in [5.74, 6) is 0.592. The molecule has 0 spiro atoms. The van der Waals surface area contributed by atoms with Crippen molar-refractivity contribution in [1.82, 2.24) is 9.97 Å². The van der Waals surface area contributed by atoms with Crippen molar-refractivity contribution in [2.45, 2.75) is 6.92 Å². The summed E-state index contributed by atoms with van der Waals surface area (Å²) in [6.07, 6.45) is 0. The zero-order chi connectivity index (χ0) is 14.0. The summed E-state index contributed by atoms with van der Waals surface area (Å²) in [5.41, 5.74) is 6.06. The van der Waals surface area contributed by atoms with Gasteiger partial charge in [-0.05, 0) is 28.9 Å². The van der Waals surface area contributed by atoms with Gasteiger partial charge in [0.05, 0.1) is 4.92 Å². The minimum absolute atomic E-state index is 0.0801. The lowest BCUT2D eigenvalue weighted by molar-refractivity contribution is -0.385. The third kappa shape index (κ3) is 2.97. The van der Waals surface area contributed by atoms with Crippen molar-refractivity contribution in [3.05, 3.63) is 44.5 Å². The molecule has 2 rings (SSSR count). The number of aromatic nitrogens is 2. The van der Waals surface area contributed by atoms with Crippen LogP contribution >= 0.6 is 15.9 Å². The van der Waals surface area contributed by atoms with Crippen molar-refractivity contribution in [2.75, 3.05) is 5.73 Å². The molecule has 1 aromatic carbocycles. The minimum atomic E-state index is -0.503. The van der Waals surface area contributed by atoms with Crippen LogP contribution in [0.25, 0.3) is 0 Å². The van der Waals surface area contributed by atoms with Crippen LogP contribution in [0.3, 0.4) is 0 Å². The summed E-state index contributed by atoms with van der Waals surface area (Å²) >= 11 is 3.14. The van der Waals surface area contributed by atoms with E-state index in [-0.39, 0.29) is 27.7 Å². The largest absolute Gasteiger partial charge is 0.437 e. The number of nitrogens with two attached hydrogens (primary N) is 1. The fourth-order valence-electron chi connectivity index (χ4n) is 1.45. The third-order valence-electron chi connectivity index (χ3n) is 2.20. The molecule has 2 N–H and O–H groups in total. The lowest BCUT2D eigenvalue weighted by Crippen LogP contribution is -1.99. The first-order chi connectivity index (χ1) is 8.97. The summed E-state index contributed by atoms with van der Waals surface area (Å²) in [4.78, 5) is 18.1. The van der Waals surface area contributed by atoms with Crippen molar-refractivity contribution in [3.63, 3.8) is 0 Å². The van der Waals surface area contributed by atoms with Crippen LogP contribution in [-0.4, -0.2) is 14.9 Å². The van der Waals surface area contributed by atoms with E-state index >= 15 is 0 Å². The van der Waals surface area contributed by atoms with Gasteiger partial charge in [-0.25, -0.2) is 4.98 Å². The molecule has 19 heavy (non-hydrogen) atoms. The number of nitro groups is 1. The van der Waals surface area contributed by atoms with Crippen LogP contribution in [-0.2, 0) is 0 Å². The van der Waals surface area contributed by atoms with Crippen LogP contribution in [0.1, 0.15) is 5.69 Å². The van der Waals surface area contributed by atoms with Crippen LogP contribution < -0.4 is 10.5 Å². The van der Waals surface area contributed by atoms with E-state index in [9.17, 15) is 10.1 Å². The van der Waals surface area contributed by atoms with Gasteiger partial charge in [-0.2, -0.15) is 4.98 Å². The Hall–Kier alpha value is -2.22. The van der Waals surface area contributed by atoms with Gasteiger partial charge < -0.3 is 10.5 Å². The first-order valence-electron chi connectivity index (χ1n) is 5.19. The average molecular weight is 325 g/mol. The lowest BCUT2D eigenvalue weighted by Gasteiger charge is -2.07. The quantitative estimate of drug-likeness (QED) is 0.687. The number of hydrogen-bond acceptors (Lipinski definition) is 6. The van der Waals surface area contributed by atoms with E-state index in [1.54, 1.807) is 19.1 Å². The molecule has 8 heteroatoms. The molecule has 0 saturated carbocycles. The van der Waals surface area contributed by atoms with Gasteiger partial charge in [0.25, 0.3) is 5.69 Å². The standard InChI is InChI=1S/C11H9BrN4O3/c1-6-5-9(15-11(13)14-6)19-8-4-2-3-7(10(8)12)16(17)18/h2-5H,1H3,(H2,13,14,15). The molecular formula is C11H9BrN4O3. The normalized spacial score (nSPS) is 10.2. The highest BCUT2D eigenvalue weighted by atomic mass is 79.9. The number of nitro benzene ring substituents is 1. The van der Waals surface area contributed by atoms with E-state index in [1.807, 2.05) is 0 Å². The summed E-state index contributed by atoms with van der Waals surface area (Å²) in [6.45, 7) is 1.74. The molecule has 1 aromatic heterocycles. The average Bonchev–Trinajstić information content (AvgIpc) is 2.30. The maximum atomic E-state index is 10.8. The van der Waals surface area contributed by atoms with E-state index in [0.29, 0.717) is 5.69 Å². The van der Waals surface area contributed by atoms with Gasteiger partial charge in [-0.15, -0.1) is 0 Å². The SMILES string of the molecule is Cc1cc(Oc2cccc([N+](=O)[O-])c2Br)nc(N)n1. The Morgan fingerprint density at radius 2 is 2.16 bits per heavy atom.